The maximum Gasteiger partial charge on any atom is 0.185 e. The van der Waals surface area contributed by atoms with Crippen LogP contribution in [0.2, 0.25) is 0 Å². The van der Waals surface area contributed by atoms with Crippen molar-refractivity contribution in [3.8, 4) is 6.19 Å². The van der Waals surface area contributed by atoms with Gasteiger partial charge in [-0.1, -0.05) is 0 Å². The number of aryl methyl sites for hydroxylation is 1. The highest BCUT2D eigenvalue weighted by molar-refractivity contribution is 5.51. The summed E-state index contributed by atoms with van der Waals surface area (Å²) in [5, 5.41) is 12.1. The van der Waals surface area contributed by atoms with Gasteiger partial charge in [0.1, 0.15) is 17.5 Å². The molecule has 1 aliphatic heterocycles. The van der Waals surface area contributed by atoms with E-state index < -0.39 is 0 Å². The van der Waals surface area contributed by atoms with Gasteiger partial charge in [-0.2, -0.15) is 5.26 Å². The molecule has 1 unspecified atom stereocenters. The first kappa shape index (κ1) is 12.6. The molecule has 6 heteroatoms. The molecule has 18 heavy (non-hydrogen) atoms. The largest absolute Gasteiger partial charge is 0.376 e. The van der Waals surface area contributed by atoms with E-state index in [1.807, 2.05) is 13.1 Å². The zero-order chi connectivity index (χ0) is 13.0. The monoisotopic (exact) mass is 247 g/mol. The van der Waals surface area contributed by atoms with Crippen molar-refractivity contribution in [2.24, 2.45) is 0 Å². The Morgan fingerprint density at radius 1 is 1.61 bits per heavy atom. The molecular weight excluding hydrogens is 230 g/mol. The zero-order valence-electron chi connectivity index (χ0n) is 10.7. The Morgan fingerprint density at radius 2 is 2.44 bits per heavy atom. The van der Waals surface area contributed by atoms with Gasteiger partial charge >= 0.3 is 0 Å². The number of nitrogens with zero attached hydrogens (tertiary/aromatic N) is 4. The van der Waals surface area contributed by atoms with Crippen LogP contribution in [0.15, 0.2) is 6.07 Å². The third kappa shape index (κ3) is 3.08. The third-order valence-electron chi connectivity index (χ3n) is 2.85. The van der Waals surface area contributed by atoms with Crippen LogP contribution in [0, 0.1) is 18.4 Å². The lowest BCUT2D eigenvalue weighted by molar-refractivity contribution is 0.120. The molecule has 1 aliphatic rings. The van der Waals surface area contributed by atoms with E-state index in [1.54, 1.807) is 13.1 Å². The van der Waals surface area contributed by atoms with Crippen LogP contribution in [0.5, 0.6) is 0 Å². The van der Waals surface area contributed by atoms with Gasteiger partial charge in [0.15, 0.2) is 6.19 Å². The number of rotatable bonds is 4. The predicted octanol–water partition coefficient (Wildman–Crippen LogP) is 1.29. The summed E-state index contributed by atoms with van der Waals surface area (Å²) in [6.45, 7) is 3.40. The Balaban J connectivity index is 2.03. The lowest BCUT2D eigenvalue weighted by Crippen LogP contribution is -2.20. The minimum atomic E-state index is 0.261. The fourth-order valence-electron chi connectivity index (χ4n) is 1.89. The smallest absolute Gasteiger partial charge is 0.185 e. The second-order valence-electron chi connectivity index (χ2n) is 4.33. The number of hydrogen-bond acceptors (Lipinski definition) is 6. The van der Waals surface area contributed by atoms with Gasteiger partial charge in [-0.05, 0) is 19.8 Å². The standard InChI is InChI=1S/C12H17N5O/c1-9-15-11(6-12(16-9)17(2)8-13)14-7-10-4-3-5-18-10/h6,10H,3-5,7H2,1-2H3,(H,14,15,16). The molecule has 96 valence electrons. The average Bonchev–Trinajstić information content (AvgIpc) is 2.88. The van der Waals surface area contributed by atoms with Gasteiger partial charge < -0.3 is 10.1 Å². The first-order valence-corrected chi connectivity index (χ1v) is 6.03. The van der Waals surface area contributed by atoms with Crippen molar-refractivity contribution in [1.82, 2.24) is 9.97 Å². The molecule has 0 bridgehead atoms. The van der Waals surface area contributed by atoms with Crippen molar-refractivity contribution in [2.75, 3.05) is 30.4 Å². The summed E-state index contributed by atoms with van der Waals surface area (Å²) < 4.78 is 5.54. The van der Waals surface area contributed by atoms with Gasteiger partial charge in [0.05, 0.1) is 6.10 Å². The summed E-state index contributed by atoms with van der Waals surface area (Å²) in [5.74, 6) is 1.97. The molecule has 1 aromatic rings. The maximum absolute atomic E-state index is 8.85. The van der Waals surface area contributed by atoms with E-state index in [2.05, 4.69) is 15.3 Å². The van der Waals surface area contributed by atoms with E-state index >= 15 is 0 Å². The highest BCUT2D eigenvalue weighted by Gasteiger charge is 2.15. The number of hydrogen-bond donors (Lipinski definition) is 1. The van der Waals surface area contributed by atoms with Gasteiger partial charge in [-0.15, -0.1) is 0 Å². The quantitative estimate of drug-likeness (QED) is 0.638. The Hall–Kier alpha value is -1.87. The van der Waals surface area contributed by atoms with E-state index in [4.69, 9.17) is 10.00 Å². The molecule has 1 atom stereocenters. The number of aromatic nitrogens is 2. The van der Waals surface area contributed by atoms with Crippen molar-refractivity contribution >= 4 is 11.6 Å². The zero-order valence-corrected chi connectivity index (χ0v) is 10.7. The van der Waals surface area contributed by atoms with Crippen LogP contribution in [0.3, 0.4) is 0 Å². The van der Waals surface area contributed by atoms with Gasteiger partial charge in [-0.3, -0.25) is 4.90 Å². The molecule has 1 aromatic heterocycles. The van der Waals surface area contributed by atoms with Gasteiger partial charge in [0.25, 0.3) is 0 Å². The molecule has 2 rings (SSSR count). The van der Waals surface area contributed by atoms with Crippen LogP contribution in [-0.2, 0) is 4.74 Å². The number of ether oxygens (including phenoxy) is 1. The molecule has 2 heterocycles. The number of nitriles is 1. The summed E-state index contributed by atoms with van der Waals surface area (Å²) in [6, 6.07) is 1.77. The van der Waals surface area contributed by atoms with Gasteiger partial charge in [-0.25, -0.2) is 9.97 Å². The predicted molar refractivity (Wildman–Crippen MR) is 68.2 cm³/mol. The topological polar surface area (TPSA) is 74.1 Å². The summed E-state index contributed by atoms with van der Waals surface area (Å²) in [7, 11) is 1.67. The van der Waals surface area contributed by atoms with Crippen molar-refractivity contribution in [1.29, 1.82) is 5.26 Å². The fraction of sp³-hybridized carbons (Fsp3) is 0.583. The van der Waals surface area contributed by atoms with Gasteiger partial charge in [0.2, 0.25) is 0 Å². The Morgan fingerprint density at radius 3 is 3.11 bits per heavy atom. The van der Waals surface area contributed by atoms with Crippen LogP contribution in [0.25, 0.3) is 0 Å². The molecule has 1 N–H and O–H groups in total. The first-order valence-electron chi connectivity index (χ1n) is 6.03. The number of anilines is 2. The van der Waals surface area contributed by atoms with Gasteiger partial charge in [0, 0.05) is 26.3 Å². The van der Waals surface area contributed by atoms with Crippen molar-refractivity contribution in [2.45, 2.75) is 25.9 Å². The molecule has 6 nitrogen and oxygen atoms in total. The molecule has 0 aromatic carbocycles. The van der Waals surface area contributed by atoms with E-state index in [0.717, 1.165) is 31.8 Å². The molecule has 0 radical (unpaired) electrons. The molecule has 1 fully saturated rings. The Labute approximate surface area is 107 Å². The molecular formula is C12H17N5O. The summed E-state index contributed by atoms with van der Waals surface area (Å²) in [6.07, 6.45) is 4.49. The highest BCUT2D eigenvalue weighted by Crippen LogP contribution is 2.16. The summed E-state index contributed by atoms with van der Waals surface area (Å²) in [5.41, 5.74) is 0. The third-order valence-corrected chi connectivity index (χ3v) is 2.85. The lowest BCUT2D eigenvalue weighted by atomic mass is 10.2. The molecule has 0 aliphatic carbocycles. The summed E-state index contributed by atoms with van der Waals surface area (Å²) >= 11 is 0. The summed E-state index contributed by atoms with van der Waals surface area (Å²) in [4.78, 5) is 9.91. The van der Waals surface area contributed by atoms with Crippen LogP contribution in [-0.4, -0.2) is 36.3 Å². The van der Waals surface area contributed by atoms with Crippen molar-refractivity contribution in [3.05, 3.63) is 11.9 Å². The Bertz CT molecular complexity index is 450. The maximum atomic E-state index is 8.85. The second kappa shape index (κ2) is 5.65. The van der Waals surface area contributed by atoms with Crippen molar-refractivity contribution in [3.63, 3.8) is 0 Å². The average molecular weight is 247 g/mol. The minimum absolute atomic E-state index is 0.261. The molecule has 0 spiro atoms. The van der Waals surface area contributed by atoms with E-state index in [-0.39, 0.29) is 6.10 Å². The van der Waals surface area contributed by atoms with Crippen LogP contribution in [0.4, 0.5) is 11.6 Å². The van der Waals surface area contributed by atoms with E-state index in [1.165, 1.54) is 4.90 Å². The first-order chi connectivity index (χ1) is 8.69. The molecule has 1 saturated heterocycles. The van der Waals surface area contributed by atoms with Crippen LogP contribution in [0.1, 0.15) is 18.7 Å². The van der Waals surface area contributed by atoms with Crippen LogP contribution < -0.4 is 10.2 Å². The number of nitrogens with one attached hydrogen (secondary N) is 1. The normalized spacial score (nSPS) is 18.4. The second-order valence-corrected chi connectivity index (χ2v) is 4.33. The highest BCUT2D eigenvalue weighted by atomic mass is 16.5. The minimum Gasteiger partial charge on any atom is -0.376 e. The molecule has 0 saturated carbocycles. The Kier molecular flexibility index (Phi) is 3.95. The van der Waals surface area contributed by atoms with Crippen molar-refractivity contribution < 1.29 is 4.74 Å². The molecule has 0 amide bonds. The fourth-order valence-corrected chi connectivity index (χ4v) is 1.89. The SMILES string of the molecule is Cc1nc(NCC2CCCO2)cc(N(C)C#N)n1. The van der Waals surface area contributed by atoms with E-state index in [9.17, 15) is 0 Å². The van der Waals surface area contributed by atoms with Crippen LogP contribution >= 0.6 is 0 Å². The van der Waals surface area contributed by atoms with E-state index in [0.29, 0.717) is 11.6 Å². The lowest BCUT2D eigenvalue weighted by Gasteiger charge is -2.14.